The summed E-state index contributed by atoms with van der Waals surface area (Å²) in [7, 11) is 0. The maximum Gasteiger partial charge on any atom is 0.0836 e. The zero-order chi connectivity index (χ0) is 21.7. The topological polar surface area (TPSA) is 60.7 Å². The highest BCUT2D eigenvalue weighted by Crippen LogP contribution is 2.67. The van der Waals surface area contributed by atoms with Crippen LogP contribution >= 0.6 is 0 Å². The molecule has 30 heavy (non-hydrogen) atoms. The molecule has 2 unspecified atom stereocenters. The molecule has 4 rings (SSSR count). The van der Waals surface area contributed by atoms with Gasteiger partial charge in [0.1, 0.15) is 0 Å². The van der Waals surface area contributed by atoms with E-state index in [1.807, 2.05) is 0 Å². The molecular weight excluding hydrogens is 372 g/mol. The lowest BCUT2D eigenvalue weighted by Gasteiger charge is -2.59. The molecule has 4 aliphatic rings. The Morgan fingerprint density at radius 1 is 1.03 bits per heavy atom. The van der Waals surface area contributed by atoms with E-state index in [0.29, 0.717) is 42.1 Å². The monoisotopic (exact) mass is 418 g/mol. The van der Waals surface area contributed by atoms with Crippen LogP contribution in [0.5, 0.6) is 0 Å². The van der Waals surface area contributed by atoms with E-state index in [1.165, 1.54) is 50.5 Å². The van der Waals surface area contributed by atoms with Crippen LogP contribution < -0.4 is 0 Å². The molecule has 0 radical (unpaired) electrons. The Balaban J connectivity index is 1.52. The van der Waals surface area contributed by atoms with Crippen LogP contribution in [0.3, 0.4) is 0 Å². The van der Waals surface area contributed by atoms with Gasteiger partial charge in [-0.2, -0.15) is 0 Å². The van der Waals surface area contributed by atoms with E-state index in [1.54, 1.807) is 0 Å². The molecule has 0 aromatic heterocycles. The smallest absolute Gasteiger partial charge is 0.0836 e. The third-order valence-corrected chi connectivity index (χ3v) is 10.4. The molecule has 0 aliphatic heterocycles. The van der Waals surface area contributed by atoms with Crippen LogP contribution in [0.2, 0.25) is 0 Å². The first-order valence-corrected chi connectivity index (χ1v) is 12.9. The van der Waals surface area contributed by atoms with Gasteiger partial charge in [0, 0.05) is 6.61 Å². The predicted molar refractivity (Wildman–Crippen MR) is 122 cm³/mol. The van der Waals surface area contributed by atoms with Gasteiger partial charge in [0.2, 0.25) is 0 Å². The molecule has 4 aliphatic carbocycles. The van der Waals surface area contributed by atoms with Crippen molar-refractivity contribution in [3.05, 3.63) is 11.6 Å². The molecule has 3 saturated carbocycles. The Morgan fingerprint density at radius 3 is 2.50 bits per heavy atom. The van der Waals surface area contributed by atoms with Crippen molar-refractivity contribution in [2.75, 3.05) is 6.61 Å². The molecule has 3 fully saturated rings. The van der Waals surface area contributed by atoms with Crippen LogP contribution in [0.1, 0.15) is 91.9 Å². The summed E-state index contributed by atoms with van der Waals surface area (Å²) in [4.78, 5) is 0. The van der Waals surface area contributed by atoms with Crippen molar-refractivity contribution in [2.45, 2.75) is 104 Å². The van der Waals surface area contributed by atoms with Gasteiger partial charge < -0.3 is 15.3 Å². The quantitative estimate of drug-likeness (QED) is 0.511. The minimum Gasteiger partial charge on any atom is -0.396 e. The standard InChI is InChI=1S/C27H46O3/c1-17(2)6-5-7-18(16-28)21-10-11-22-20-9-8-19-14-24(29)25(30)15-27(19,4)23(20)12-13-26(21,22)3/h8,17-18,20-25,28-30H,5-7,9-16H2,1-4H3/t18-,20-,21+,22-,23-,24?,25?,26+,27-/m0/s1. The maximum absolute atomic E-state index is 10.5. The second-order valence-electron chi connectivity index (χ2n) is 12.3. The Morgan fingerprint density at radius 2 is 1.80 bits per heavy atom. The SMILES string of the molecule is CC(C)CCC[C@@H](CO)[C@H]1CC[C@H]2[C@@H]3CC=C4CC(O)C(O)C[C@]4(C)[C@H]3CC[C@]12C. The lowest BCUT2D eigenvalue weighted by atomic mass is 9.46. The molecule has 0 heterocycles. The van der Waals surface area contributed by atoms with Crippen molar-refractivity contribution < 1.29 is 15.3 Å². The van der Waals surface area contributed by atoms with E-state index >= 15 is 0 Å². The van der Waals surface area contributed by atoms with Crippen molar-refractivity contribution in [1.82, 2.24) is 0 Å². The van der Waals surface area contributed by atoms with Gasteiger partial charge in [0.15, 0.2) is 0 Å². The van der Waals surface area contributed by atoms with Gasteiger partial charge in [-0.05, 0) is 97.7 Å². The fourth-order valence-electron chi connectivity index (χ4n) is 8.71. The number of allylic oxidation sites excluding steroid dienone is 1. The van der Waals surface area contributed by atoms with Crippen LogP contribution in [-0.4, -0.2) is 34.1 Å². The van der Waals surface area contributed by atoms with Crippen molar-refractivity contribution in [2.24, 2.45) is 46.3 Å². The number of rotatable bonds is 6. The Labute approximate surface area is 184 Å². The molecule has 0 aromatic rings. The molecule has 3 heteroatoms. The molecule has 3 N–H and O–H groups in total. The van der Waals surface area contributed by atoms with Crippen LogP contribution in [0, 0.1) is 46.3 Å². The average molecular weight is 419 g/mol. The molecule has 0 spiro atoms. The highest BCUT2D eigenvalue weighted by Gasteiger charge is 2.60. The maximum atomic E-state index is 10.5. The van der Waals surface area contributed by atoms with E-state index in [2.05, 4.69) is 33.8 Å². The van der Waals surface area contributed by atoms with Gasteiger partial charge in [-0.1, -0.05) is 52.2 Å². The highest BCUT2D eigenvalue weighted by molar-refractivity contribution is 5.26. The summed E-state index contributed by atoms with van der Waals surface area (Å²) in [6, 6.07) is 0. The fraction of sp³-hybridized carbons (Fsp3) is 0.926. The largest absolute Gasteiger partial charge is 0.396 e. The van der Waals surface area contributed by atoms with Gasteiger partial charge in [0.05, 0.1) is 12.2 Å². The number of aliphatic hydroxyl groups is 3. The van der Waals surface area contributed by atoms with E-state index in [0.717, 1.165) is 24.7 Å². The summed E-state index contributed by atoms with van der Waals surface area (Å²) in [6.07, 6.45) is 12.6. The predicted octanol–water partition coefficient (Wildman–Crippen LogP) is 5.33. The Kier molecular flexibility index (Phi) is 6.48. The first-order chi connectivity index (χ1) is 14.2. The number of fused-ring (bicyclic) bond motifs is 5. The van der Waals surface area contributed by atoms with Crippen molar-refractivity contribution in [1.29, 1.82) is 0 Å². The number of aliphatic hydroxyl groups excluding tert-OH is 3. The summed E-state index contributed by atoms with van der Waals surface area (Å²) in [6.45, 7) is 9.88. The summed E-state index contributed by atoms with van der Waals surface area (Å²) >= 11 is 0. The third-order valence-electron chi connectivity index (χ3n) is 10.4. The van der Waals surface area contributed by atoms with Crippen LogP contribution in [-0.2, 0) is 0 Å². The summed E-state index contributed by atoms with van der Waals surface area (Å²) in [5.41, 5.74) is 1.84. The molecule has 0 saturated heterocycles. The second kappa shape index (κ2) is 8.52. The van der Waals surface area contributed by atoms with Crippen LogP contribution in [0.4, 0.5) is 0 Å². The average Bonchev–Trinajstić information content (AvgIpc) is 3.03. The zero-order valence-electron chi connectivity index (χ0n) is 19.8. The normalized spacial score (nSPS) is 46.7. The second-order valence-corrected chi connectivity index (χ2v) is 12.3. The van der Waals surface area contributed by atoms with Gasteiger partial charge in [0.25, 0.3) is 0 Å². The third kappa shape index (κ3) is 3.71. The van der Waals surface area contributed by atoms with Crippen LogP contribution in [0.15, 0.2) is 11.6 Å². The van der Waals surface area contributed by atoms with E-state index < -0.39 is 12.2 Å². The van der Waals surface area contributed by atoms with E-state index in [-0.39, 0.29) is 5.41 Å². The number of hydrogen-bond acceptors (Lipinski definition) is 3. The van der Waals surface area contributed by atoms with Crippen molar-refractivity contribution >= 4 is 0 Å². The van der Waals surface area contributed by atoms with Gasteiger partial charge in [-0.3, -0.25) is 0 Å². The zero-order valence-corrected chi connectivity index (χ0v) is 19.8. The first-order valence-electron chi connectivity index (χ1n) is 12.9. The minimum atomic E-state index is -0.582. The molecule has 0 bridgehead atoms. The molecular formula is C27H46O3. The van der Waals surface area contributed by atoms with Gasteiger partial charge >= 0.3 is 0 Å². The summed E-state index contributed by atoms with van der Waals surface area (Å²) in [5, 5.41) is 31.0. The van der Waals surface area contributed by atoms with E-state index in [9.17, 15) is 15.3 Å². The minimum absolute atomic E-state index is 0.0641. The summed E-state index contributed by atoms with van der Waals surface area (Å²) < 4.78 is 0. The molecule has 0 amide bonds. The van der Waals surface area contributed by atoms with Crippen molar-refractivity contribution in [3.63, 3.8) is 0 Å². The van der Waals surface area contributed by atoms with E-state index in [4.69, 9.17) is 0 Å². The Bertz CT molecular complexity index is 642. The van der Waals surface area contributed by atoms with Gasteiger partial charge in [-0.25, -0.2) is 0 Å². The van der Waals surface area contributed by atoms with Crippen molar-refractivity contribution in [3.8, 4) is 0 Å². The highest BCUT2D eigenvalue weighted by atomic mass is 16.3. The fourth-order valence-corrected chi connectivity index (χ4v) is 8.71. The first kappa shape index (κ1) is 22.8. The Hall–Kier alpha value is -0.380. The van der Waals surface area contributed by atoms with Crippen LogP contribution in [0.25, 0.3) is 0 Å². The number of hydrogen-bond donors (Lipinski definition) is 3. The molecule has 9 atom stereocenters. The lowest BCUT2D eigenvalue weighted by molar-refractivity contribution is -0.0910. The molecule has 3 nitrogen and oxygen atoms in total. The van der Waals surface area contributed by atoms with Gasteiger partial charge in [-0.15, -0.1) is 0 Å². The molecule has 0 aromatic carbocycles. The summed E-state index contributed by atoms with van der Waals surface area (Å²) in [5.74, 6) is 3.98. The molecule has 172 valence electrons. The lowest BCUT2D eigenvalue weighted by Crippen LogP contribution is -2.53.